The molecule has 0 spiro atoms. The molecule has 0 radical (unpaired) electrons. The number of hydrogen-bond donors (Lipinski definition) is 1. The molecule has 6 nitrogen and oxygen atoms in total. The van der Waals surface area contributed by atoms with Gasteiger partial charge in [0.25, 0.3) is 0 Å². The molecule has 1 unspecified atom stereocenters. The lowest BCUT2D eigenvalue weighted by molar-refractivity contribution is 0.391. The highest BCUT2D eigenvalue weighted by Crippen LogP contribution is 2.23. The molecule has 0 fully saturated rings. The molecule has 1 atom stereocenters. The van der Waals surface area contributed by atoms with Crippen molar-refractivity contribution in [1.29, 1.82) is 0 Å². The molecule has 0 amide bonds. The molecule has 2 N–H and O–H groups in total. The third kappa shape index (κ3) is 1.74. The van der Waals surface area contributed by atoms with E-state index in [9.17, 15) is 0 Å². The van der Waals surface area contributed by atoms with Crippen LogP contribution in [0.2, 0.25) is 0 Å². The first-order valence-electron chi connectivity index (χ1n) is 5.90. The lowest BCUT2D eigenvalue weighted by atomic mass is 9.98. The van der Waals surface area contributed by atoms with Crippen LogP contribution < -0.4 is 5.73 Å². The highest BCUT2D eigenvalue weighted by molar-refractivity contribution is 5.48. The van der Waals surface area contributed by atoms with Gasteiger partial charge in [-0.25, -0.2) is 0 Å². The predicted octanol–water partition coefficient (Wildman–Crippen LogP) is 0.200. The first-order chi connectivity index (χ1) is 8.28. The number of rotatable bonds is 2. The number of fused-ring (bicyclic) bond motifs is 1. The zero-order valence-electron chi connectivity index (χ0n) is 9.87. The van der Waals surface area contributed by atoms with Crippen LogP contribution in [0.4, 0.5) is 0 Å². The zero-order chi connectivity index (χ0) is 11.8. The van der Waals surface area contributed by atoms with Crippen molar-refractivity contribution in [2.75, 3.05) is 6.54 Å². The Hall–Kier alpha value is -1.69. The Kier molecular flexibility index (Phi) is 2.44. The third-order valence-corrected chi connectivity index (χ3v) is 3.34. The van der Waals surface area contributed by atoms with E-state index in [2.05, 4.69) is 19.9 Å². The lowest BCUT2D eigenvalue weighted by Crippen LogP contribution is -2.25. The number of aromatic nitrogens is 5. The van der Waals surface area contributed by atoms with Crippen molar-refractivity contribution in [3.8, 4) is 11.5 Å². The van der Waals surface area contributed by atoms with Crippen LogP contribution in [0.5, 0.6) is 0 Å². The van der Waals surface area contributed by atoms with E-state index in [0.29, 0.717) is 5.92 Å². The van der Waals surface area contributed by atoms with Gasteiger partial charge >= 0.3 is 0 Å². The Morgan fingerprint density at radius 1 is 1.47 bits per heavy atom. The van der Waals surface area contributed by atoms with Crippen LogP contribution in [-0.2, 0) is 20.0 Å². The predicted molar refractivity (Wildman–Crippen MR) is 63.1 cm³/mol. The summed E-state index contributed by atoms with van der Waals surface area (Å²) < 4.78 is 3.94. The van der Waals surface area contributed by atoms with E-state index >= 15 is 0 Å². The van der Waals surface area contributed by atoms with Crippen LogP contribution in [-0.4, -0.2) is 31.1 Å². The quantitative estimate of drug-likeness (QED) is 0.802. The zero-order valence-corrected chi connectivity index (χ0v) is 9.87. The van der Waals surface area contributed by atoms with Crippen LogP contribution in [0, 0.1) is 5.92 Å². The van der Waals surface area contributed by atoms with E-state index < -0.39 is 0 Å². The van der Waals surface area contributed by atoms with Crippen LogP contribution in [0.1, 0.15) is 12.2 Å². The van der Waals surface area contributed by atoms with Crippen LogP contribution in [0.15, 0.2) is 12.3 Å². The van der Waals surface area contributed by atoms with Crippen molar-refractivity contribution in [1.82, 2.24) is 24.5 Å². The number of nitrogens with two attached hydrogens (primary N) is 1. The number of nitrogens with zero attached hydrogens (tertiary/aromatic N) is 5. The normalized spacial score (nSPS) is 19.3. The second kappa shape index (κ2) is 3.96. The summed E-state index contributed by atoms with van der Waals surface area (Å²) in [4.78, 5) is 0. The highest BCUT2D eigenvalue weighted by atomic mass is 15.3. The molecule has 0 saturated carbocycles. The molecule has 1 aliphatic heterocycles. The maximum atomic E-state index is 5.71. The standard InChI is InChI=1S/C11H16N6/c1-16-4-3-9(15-16)11-14-13-10-6-8(7-12)2-5-17(10)11/h3-4,8H,2,5-7,12H2,1H3. The summed E-state index contributed by atoms with van der Waals surface area (Å²) in [5.74, 6) is 2.45. The summed E-state index contributed by atoms with van der Waals surface area (Å²) in [7, 11) is 1.90. The van der Waals surface area contributed by atoms with Crippen molar-refractivity contribution >= 4 is 0 Å². The molecule has 17 heavy (non-hydrogen) atoms. The summed E-state index contributed by atoms with van der Waals surface area (Å²) in [5, 5.41) is 12.9. The SMILES string of the molecule is Cn1ccc(-c2nnc3n2CCC(CN)C3)n1. The summed E-state index contributed by atoms with van der Waals surface area (Å²) in [5.41, 5.74) is 6.60. The Labute approximate surface area is 99.4 Å². The summed E-state index contributed by atoms with van der Waals surface area (Å²) in [6.45, 7) is 1.67. The Morgan fingerprint density at radius 3 is 3.06 bits per heavy atom. The molecule has 2 aromatic heterocycles. The van der Waals surface area contributed by atoms with Crippen molar-refractivity contribution in [2.45, 2.75) is 19.4 Å². The van der Waals surface area contributed by atoms with Crippen molar-refractivity contribution in [2.24, 2.45) is 18.7 Å². The minimum atomic E-state index is 0.545. The Balaban J connectivity index is 1.96. The smallest absolute Gasteiger partial charge is 0.184 e. The molecule has 1 aliphatic rings. The van der Waals surface area contributed by atoms with E-state index in [0.717, 1.165) is 43.3 Å². The number of aryl methyl sites for hydroxylation is 1. The van der Waals surface area contributed by atoms with E-state index in [1.54, 1.807) is 4.68 Å². The number of hydrogen-bond acceptors (Lipinski definition) is 4. The maximum absolute atomic E-state index is 5.71. The minimum Gasteiger partial charge on any atom is -0.330 e. The molecule has 0 aliphatic carbocycles. The first-order valence-corrected chi connectivity index (χ1v) is 5.90. The van der Waals surface area contributed by atoms with E-state index in [-0.39, 0.29) is 0 Å². The summed E-state index contributed by atoms with van der Waals surface area (Å²) in [6, 6.07) is 1.96. The molecule has 0 aromatic carbocycles. The van der Waals surface area contributed by atoms with Crippen molar-refractivity contribution in [3.05, 3.63) is 18.1 Å². The van der Waals surface area contributed by atoms with Gasteiger partial charge in [0.05, 0.1) is 0 Å². The van der Waals surface area contributed by atoms with Gasteiger partial charge < -0.3 is 10.3 Å². The Morgan fingerprint density at radius 2 is 2.35 bits per heavy atom. The van der Waals surface area contributed by atoms with Gasteiger partial charge in [-0.1, -0.05) is 0 Å². The van der Waals surface area contributed by atoms with Crippen LogP contribution >= 0.6 is 0 Å². The van der Waals surface area contributed by atoms with Crippen molar-refractivity contribution in [3.63, 3.8) is 0 Å². The van der Waals surface area contributed by atoms with Gasteiger partial charge in [-0.3, -0.25) is 4.68 Å². The van der Waals surface area contributed by atoms with Crippen LogP contribution in [0.3, 0.4) is 0 Å². The third-order valence-electron chi connectivity index (χ3n) is 3.34. The maximum Gasteiger partial charge on any atom is 0.184 e. The van der Waals surface area contributed by atoms with E-state index in [4.69, 9.17) is 5.73 Å². The molecule has 90 valence electrons. The molecular formula is C11H16N6. The minimum absolute atomic E-state index is 0.545. The average molecular weight is 232 g/mol. The van der Waals surface area contributed by atoms with E-state index in [1.165, 1.54) is 0 Å². The molecule has 3 heterocycles. The second-order valence-corrected chi connectivity index (χ2v) is 4.56. The molecule has 6 heteroatoms. The van der Waals surface area contributed by atoms with E-state index in [1.807, 2.05) is 19.3 Å². The molecular weight excluding hydrogens is 216 g/mol. The van der Waals surface area contributed by atoms with Gasteiger partial charge in [-0.05, 0) is 24.9 Å². The van der Waals surface area contributed by atoms with Gasteiger partial charge in [-0.15, -0.1) is 10.2 Å². The van der Waals surface area contributed by atoms with Crippen LogP contribution in [0.25, 0.3) is 11.5 Å². The molecule has 0 bridgehead atoms. The molecule has 2 aromatic rings. The topological polar surface area (TPSA) is 74.5 Å². The highest BCUT2D eigenvalue weighted by Gasteiger charge is 2.23. The fourth-order valence-electron chi connectivity index (χ4n) is 2.32. The molecule has 3 rings (SSSR count). The average Bonchev–Trinajstić information content (AvgIpc) is 2.93. The second-order valence-electron chi connectivity index (χ2n) is 4.56. The van der Waals surface area contributed by atoms with Gasteiger partial charge in [0.2, 0.25) is 0 Å². The lowest BCUT2D eigenvalue weighted by Gasteiger charge is -2.21. The molecule has 0 saturated heterocycles. The largest absolute Gasteiger partial charge is 0.330 e. The monoisotopic (exact) mass is 232 g/mol. The van der Waals surface area contributed by atoms with Gasteiger partial charge in [0.1, 0.15) is 11.5 Å². The fourth-order valence-corrected chi connectivity index (χ4v) is 2.32. The van der Waals surface area contributed by atoms with Crippen molar-refractivity contribution < 1.29 is 0 Å². The first kappa shape index (κ1) is 10.5. The van der Waals surface area contributed by atoms with Gasteiger partial charge in [0, 0.05) is 26.2 Å². The Bertz CT molecular complexity index is 526. The van der Waals surface area contributed by atoms with Gasteiger partial charge in [-0.2, -0.15) is 5.10 Å². The summed E-state index contributed by atoms with van der Waals surface area (Å²) in [6.07, 6.45) is 3.94. The van der Waals surface area contributed by atoms with Gasteiger partial charge in [0.15, 0.2) is 5.82 Å². The summed E-state index contributed by atoms with van der Waals surface area (Å²) >= 11 is 0. The fraction of sp³-hybridized carbons (Fsp3) is 0.545.